The molecule has 1 aromatic carbocycles. The highest BCUT2D eigenvalue weighted by molar-refractivity contribution is 5.82. The van der Waals surface area contributed by atoms with Crippen molar-refractivity contribution < 1.29 is 9.53 Å². The highest BCUT2D eigenvalue weighted by Gasteiger charge is 2.12. The third-order valence-corrected chi connectivity index (χ3v) is 3.81. The maximum absolute atomic E-state index is 12.4. The molecular formula is C19H19N7O3. The number of hydrogen-bond donors (Lipinski definition) is 1. The fourth-order valence-corrected chi connectivity index (χ4v) is 2.36. The van der Waals surface area contributed by atoms with Gasteiger partial charge in [-0.05, 0) is 54.4 Å². The molecule has 0 aliphatic heterocycles. The first-order valence-corrected chi connectivity index (χ1v) is 8.63. The third kappa shape index (κ3) is 5.22. The van der Waals surface area contributed by atoms with Gasteiger partial charge in [0, 0.05) is 12.4 Å². The molecule has 0 saturated heterocycles. The summed E-state index contributed by atoms with van der Waals surface area (Å²) in [7, 11) is 1.58. The largest absolute Gasteiger partial charge is 0.497 e. The normalized spacial score (nSPS) is 11.2. The Morgan fingerprint density at radius 2 is 1.83 bits per heavy atom. The Bertz CT molecular complexity index is 1080. The van der Waals surface area contributed by atoms with Crippen molar-refractivity contribution in [1.82, 2.24) is 24.9 Å². The van der Waals surface area contributed by atoms with Gasteiger partial charge in [0.05, 0.1) is 19.5 Å². The van der Waals surface area contributed by atoms with E-state index in [4.69, 9.17) is 4.74 Å². The van der Waals surface area contributed by atoms with E-state index < -0.39 is 11.6 Å². The Morgan fingerprint density at radius 3 is 2.52 bits per heavy atom. The van der Waals surface area contributed by atoms with Gasteiger partial charge in [-0.3, -0.25) is 9.78 Å². The van der Waals surface area contributed by atoms with E-state index in [0.717, 1.165) is 26.2 Å². The number of carbonyl (C=O) groups excluding carboxylic acids is 1. The topological polar surface area (TPSA) is 116 Å². The second kappa shape index (κ2) is 9.22. The number of rotatable bonds is 7. The maximum atomic E-state index is 12.4. The molecular weight excluding hydrogens is 374 g/mol. The van der Waals surface area contributed by atoms with E-state index in [1.165, 1.54) is 12.4 Å². The van der Waals surface area contributed by atoms with Crippen LogP contribution in [0.5, 0.6) is 5.75 Å². The number of aromatic nitrogens is 4. The van der Waals surface area contributed by atoms with Crippen LogP contribution in [0.15, 0.2) is 63.8 Å². The van der Waals surface area contributed by atoms with Crippen molar-refractivity contribution in [3.8, 4) is 5.75 Å². The number of nitrogens with zero attached hydrogens (tertiary/aromatic N) is 6. The number of nitrogens with one attached hydrogen (secondary N) is 1. The van der Waals surface area contributed by atoms with E-state index in [2.05, 4.69) is 25.7 Å². The number of aryl methyl sites for hydroxylation is 1. The first-order valence-electron chi connectivity index (χ1n) is 8.63. The summed E-state index contributed by atoms with van der Waals surface area (Å²) in [6, 6.07) is 10.7. The van der Waals surface area contributed by atoms with E-state index in [0.29, 0.717) is 5.82 Å². The molecule has 1 amide bonds. The van der Waals surface area contributed by atoms with Gasteiger partial charge in [0.1, 0.15) is 12.3 Å². The Morgan fingerprint density at radius 1 is 1.14 bits per heavy atom. The summed E-state index contributed by atoms with van der Waals surface area (Å²) in [5.41, 5.74) is 3.41. The molecule has 2 aromatic heterocycles. The fourth-order valence-electron chi connectivity index (χ4n) is 2.36. The Balaban J connectivity index is 1.62. The van der Waals surface area contributed by atoms with E-state index in [1.54, 1.807) is 62.8 Å². The van der Waals surface area contributed by atoms with Crippen LogP contribution in [0.4, 0.5) is 0 Å². The predicted octanol–water partition coefficient (Wildman–Crippen LogP) is 0.789. The van der Waals surface area contributed by atoms with Gasteiger partial charge < -0.3 is 4.74 Å². The molecule has 29 heavy (non-hydrogen) atoms. The first kappa shape index (κ1) is 19.7. The molecule has 2 heterocycles. The molecule has 10 heteroatoms. The first-order chi connectivity index (χ1) is 14.1. The van der Waals surface area contributed by atoms with Gasteiger partial charge in [0.2, 0.25) is 0 Å². The second-order valence-electron chi connectivity index (χ2n) is 5.89. The number of hydrogen-bond acceptors (Lipinski definition) is 7. The van der Waals surface area contributed by atoms with Crippen molar-refractivity contribution in [3.05, 3.63) is 76.2 Å². The zero-order valence-corrected chi connectivity index (χ0v) is 15.9. The van der Waals surface area contributed by atoms with Gasteiger partial charge in [-0.1, -0.05) is 0 Å². The predicted molar refractivity (Wildman–Crippen MR) is 107 cm³/mol. The van der Waals surface area contributed by atoms with Crippen LogP contribution >= 0.6 is 0 Å². The number of pyridine rings is 1. The minimum Gasteiger partial charge on any atom is -0.497 e. The minimum atomic E-state index is -0.526. The summed E-state index contributed by atoms with van der Waals surface area (Å²) in [6.45, 7) is 1.35. The highest BCUT2D eigenvalue weighted by atomic mass is 16.5. The van der Waals surface area contributed by atoms with Crippen molar-refractivity contribution in [1.29, 1.82) is 0 Å². The number of benzene rings is 1. The number of amides is 1. The molecule has 148 valence electrons. The van der Waals surface area contributed by atoms with Crippen LogP contribution in [0.3, 0.4) is 0 Å². The fraction of sp³-hybridized carbons (Fsp3) is 0.158. The van der Waals surface area contributed by atoms with Crippen molar-refractivity contribution in [2.45, 2.75) is 13.5 Å². The van der Waals surface area contributed by atoms with Crippen LogP contribution in [-0.2, 0) is 11.3 Å². The highest BCUT2D eigenvalue weighted by Crippen LogP contribution is 2.09. The van der Waals surface area contributed by atoms with Gasteiger partial charge in [-0.25, -0.2) is 14.9 Å². The van der Waals surface area contributed by atoms with Crippen LogP contribution < -0.4 is 15.9 Å². The van der Waals surface area contributed by atoms with E-state index in [1.807, 2.05) is 0 Å². The summed E-state index contributed by atoms with van der Waals surface area (Å²) in [4.78, 5) is 28.4. The number of ether oxygens (including phenoxy) is 1. The van der Waals surface area contributed by atoms with E-state index in [9.17, 15) is 9.59 Å². The van der Waals surface area contributed by atoms with Crippen LogP contribution in [0.25, 0.3) is 0 Å². The molecule has 3 rings (SSSR count). The average Bonchev–Trinajstić information content (AvgIpc) is 3.00. The Kier molecular flexibility index (Phi) is 6.25. The molecule has 3 aromatic rings. The molecule has 0 saturated carbocycles. The average molecular weight is 393 g/mol. The molecule has 0 bridgehead atoms. The molecule has 10 nitrogen and oxygen atoms in total. The van der Waals surface area contributed by atoms with E-state index in [-0.39, 0.29) is 6.54 Å². The molecule has 0 aliphatic carbocycles. The zero-order valence-electron chi connectivity index (χ0n) is 15.9. The van der Waals surface area contributed by atoms with Crippen molar-refractivity contribution in [2.24, 2.45) is 10.2 Å². The zero-order chi connectivity index (χ0) is 20.6. The summed E-state index contributed by atoms with van der Waals surface area (Å²) < 4.78 is 7.22. The quantitative estimate of drug-likeness (QED) is 0.471. The lowest BCUT2D eigenvalue weighted by Crippen LogP contribution is -2.31. The van der Waals surface area contributed by atoms with Crippen molar-refractivity contribution >= 4 is 18.3 Å². The number of methoxy groups -OCH3 is 1. The summed E-state index contributed by atoms with van der Waals surface area (Å²) in [5.74, 6) is 0.595. The smallest absolute Gasteiger partial charge is 0.367 e. The minimum absolute atomic E-state index is 0.280. The lowest BCUT2D eigenvalue weighted by molar-refractivity contribution is -0.121. The van der Waals surface area contributed by atoms with Crippen LogP contribution in [-0.4, -0.2) is 44.9 Å². The monoisotopic (exact) mass is 393 g/mol. The Labute approximate surface area is 166 Å². The summed E-state index contributed by atoms with van der Waals surface area (Å²) in [5, 5.41) is 12.1. The maximum Gasteiger partial charge on any atom is 0.367 e. The molecule has 0 aliphatic rings. The van der Waals surface area contributed by atoms with Crippen molar-refractivity contribution in [2.75, 3.05) is 7.11 Å². The standard InChI is InChI=1S/C19H19N7O3/c1-14-24-25(19(28)26(14)22-12-16-7-9-20-10-8-16)13-18(27)23-21-11-15-3-5-17(29-2)6-4-15/h3-12H,13H2,1-2H3,(H,23,27)/b21-11+,22-12+. The van der Waals surface area contributed by atoms with Crippen LogP contribution in [0.1, 0.15) is 17.0 Å². The van der Waals surface area contributed by atoms with Gasteiger partial charge in [-0.15, -0.1) is 0 Å². The summed E-state index contributed by atoms with van der Waals surface area (Å²) in [6.07, 6.45) is 6.25. The molecule has 0 unspecified atom stereocenters. The van der Waals surface area contributed by atoms with Crippen LogP contribution in [0, 0.1) is 6.92 Å². The number of carbonyl (C=O) groups is 1. The van der Waals surface area contributed by atoms with Gasteiger partial charge in [0.15, 0.2) is 5.82 Å². The van der Waals surface area contributed by atoms with Gasteiger partial charge >= 0.3 is 5.69 Å². The van der Waals surface area contributed by atoms with Gasteiger partial charge in [-0.2, -0.15) is 20.0 Å². The Hall–Kier alpha value is -4.08. The lowest BCUT2D eigenvalue weighted by atomic mass is 10.2. The molecule has 0 spiro atoms. The molecule has 1 N–H and O–H groups in total. The van der Waals surface area contributed by atoms with E-state index >= 15 is 0 Å². The SMILES string of the molecule is COc1ccc(/C=N/NC(=O)Cn2nc(C)n(/N=C/c3ccncc3)c2=O)cc1. The third-order valence-electron chi connectivity index (χ3n) is 3.81. The second-order valence-corrected chi connectivity index (χ2v) is 5.89. The lowest BCUT2D eigenvalue weighted by Gasteiger charge is -2.00. The molecule has 0 atom stereocenters. The van der Waals surface area contributed by atoms with Gasteiger partial charge in [0.25, 0.3) is 5.91 Å². The number of hydrazone groups is 1. The van der Waals surface area contributed by atoms with Crippen LogP contribution in [0.2, 0.25) is 0 Å². The molecule has 0 fully saturated rings. The van der Waals surface area contributed by atoms with Crippen molar-refractivity contribution in [3.63, 3.8) is 0 Å². The summed E-state index contributed by atoms with van der Waals surface area (Å²) >= 11 is 0. The molecule has 0 radical (unpaired) electrons.